The van der Waals surface area contributed by atoms with Crippen molar-refractivity contribution >= 4 is 45.8 Å². The van der Waals surface area contributed by atoms with Crippen LogP contribution in [0.2, 0.25) is 0 Å². The number of fused-ring (bicyclic) bond motifs is 2. The molecule has 0 aromatic heterocycles. The van der Waals surface area contributed by atoms with Crippen LogP contribution in [0.5, 0.6) is 0 Å². The Morgan fingerprint density at radius 1 is 0.375 bits per heavy atom. The first kappa shape index (κ1) is 20.0. The molecule has 0 fully saturated rings. The van der Waals surface area contributed by atoms with E-state index in [1.807, 2.05) is 0 Å². The molecule has 0 unspecified atom stereocenters. The molecule has 0 amide bonds. The fourth-order valence-electron chi connectivity index (χ4n) is 4.27. The van der Waals surface area contributed by atoms with E-state index in [1.165, 1.54) is 54.9 Å². The molecule has 0 saturated heterocycles. The third-order valence-corrected chi connectivity index (χ3v) is 6.05. The summed E-state index contributed by atoms with van der Waals surface area (Å²) >= 11 is 0. The van der Waals surface area contributed by atoms with E-state index in [9.17, 15) is 0 Å². The second-order valence-electron chi connectivity index (χ2n) is 8.41. The first-order chi connectivity index (χ1) is 15.7. The molecule has 0 atom stereocenters. The molecular weight excluding hydrogens is 384 g/mol. The Morgan fingerprint density at radius 2 is 0.688 bits per heavy atom. The minimum absolute atomic E-state index is 1.21. The van der Waals surface area contributed by atoms with Crippen molar-refractivity contribution in [3.63, 3.8) is 0 Å². The monoisotopic (exact) mass is 410 g/mol. The predicted octanol–water partition coefficient (Wildman–Crippen LogP) is 8.95. The summed E-state index contributed by atoms with van der Waals surface area (Å²) in [6.07, 6.45) is 8.97. The Bertz CT molecular complexity index is 1280. The molecule has 5 aromatic rings. The SMILES string of the molecule is Cc1ccc(C=Cc2c3ccccc3c(C=Cc3ccc(C)cc3)c3ccccc23)cc1. The second-order valence-corrected chi connectivity index (χ2v) is 8.41. The van der Waals surface area contributed by atoms with Crippen LogP contribution in [0.3, 0.4) is 0 Å². The topological polar surface area (TPSA) is 0 Å². The lowest BCUT2D eigenvalue weighted by atomic mass is 9.91. The predicted molar refractivity (Wildman–Crippen MR) is 142 cm³/mol. The third kappa shape index (κ3) is 4.00. The summed E-state index contributed by atoms with van der Waals surface area (Å²) < 4.78 is 0. The molecule has 0 spiro atoms. The van der Waals surface area contributed by atoms with Crippen LogP contribution in [0, 0.1) is 13.8 Å². The highest BCUT2D eigenvalue weighted by Crippen LogP contribution is 2.35. The normalized spacial score (nSPS) is 11.8. The number of hydrogen-bond acceptors (Lipinski definition) is 0. The van der Waals surface area contributed by atoms with Gasteiger partial charge in [-0.05, 0) is 57.6 Å². The molecule has 0 radical (unpaired) electrons. The largest absolute Gasteiger partial charge is 0.0616 e. The molecular formula is C32H26. The lowest BCUT2D eigenvalue weighted by Gasteiger charge is -2.13. The van der Waals surface area contributed by atoms with Crippen LogP contribution in [0.1, 0.15) is 33.4 Å². The molecule has 0 aliphatic rings. The maximum atomic E-state index is 2.27. The molecule has 0 aliphatic heterocycles. The van der Waals surface area contributed by atoms with Crippen molar-refractivity contribution < 1.29 is 0 Å². The first-order valence-electron chi connectivity index (χ1n) is 11.1. The van der Waals surface area contributed by atoms with Gasteiger partial charge in [-0.2, -0.15) is 0 Å². The molecule has 0 nitrogen and oxygen atoms in total. The zero-order valence-electron chi connectivity index (χ0n) is 18.5. The van der Waals surface area contributed by atoms with Crippen molar-refractivity contribution in [3.05, 3.63) is 130 Å². The van der Waals surface area contributed by atoms with Gasteiger partial charge in [-0.3, -0.25) is 0 Å². The highest BCUT2D eigenvalue weighted by molar-refractivity contribution is 6.14. The van der Waals surface area contributed by atoms with Crippen molar-refractivity contribution in [2.45, 2.75) is 13.8 Å². The van der Waals surface area contributed by atoms with Gasteiger partial charge in [-0.1, -0.05) is 132 Å². The Kier molecular flexibility index (Phi) is 5.44. The van der Waals surface area contributed by atoms with E-state index >= 15 is 0 Å². The molecule has 154 valence electrons. The van der Waals surface area contributed by atoms with Crippen molar-refractivity contribution in [1.29, 1.82) is 0 Å². The minimum Gasteiger partial charge on any atom is -0.0616 e. The lowest BCUT2D eigenvalue weighted by molar-refractivity contribution is 1.46. The van der Waals surface area contributed by atoms with E-state index in [0.29, 0.717) is 0 Å². The van der Waals surface area contributed by atoms with Crippen LogP contribution in [0.25, 0.3) is 45.8 Å². The van der Waals surface area contributed by atoms with Gasteiger partial charge in [0, 0.05) is 0 Å². The molecule has 5 rings (SSSR count). The summed E-state index contributed by atoms with van der Waals surface area (Å²) in [5.74, 6) is 0. The van der Waals surface area contributed by atoms with Crippen LogP contribution in [0.4, 0.5) is 0 Å². The Labute approximate surface area is 190 Å². The maximum absolute atomic E-state index is 2.27. The van der Waals surface area contributed by atoms with Gasteiger partial charge in [0.05, 0.1) is 0 Å². The number of rotatable bonds is 4. The highest BCUT2D eigenvalue weighted by Gasteiger charge is 2.10. The second kappa shape index (κ2) is 8.69. The maximum Gasteiger partial charge on any atom is -0.00987 e. The summed E-state index contributed by atoms with van der Waals surface area (Å²) in [6.45, 7) is 4.24. The molecule has 0 heterocycles. The highest BCUT2D eigenvalue weighted by atomic mass is 14.1. The van der Waals surface area contributed by atoms with E-state index < -0.39 is 0 Å². The van der Waals surface area contributed by atoms with Gasteiger partial charge in [0.15, 0.2) is 0 Å². The molecule has 0 heteroatoms. The first-order valence-corrected chi connectivity index (χ1v) is 11.1. The zero-order valence-corrected chi connectivity index (χ0v) is 18.5. The number of benzene rings is 5. The third-order valence-electron chi connectivity index (χ3n) is 6.05. The summed E-state index contributed by atoms with van der Waals surface area (Å²) in [5.41, 5.74) is 7.53. The van der Waals surface area contributed by atoms with Crippen LogP contribution in [-0.2, 0) is 0 Å². The van der Waals surface area contributed by atoms with E-state index in [-0.39, 0.29) is 0 Å². The van der Waals surface area contributed by atoms with Gasteiger partial charge in [0.1, 0.15) is 0 Å². The molecule has 0 saturated carbocycles. The molecule has 0 aliphatic carbocycles. The van der Waals surface area contributed by atoms with E-state index in [4.69, 9.17) is 0 Å². The number of hydrogen-bond donors (Lipinski definition) is 0. The average Bonchev–Trinajstić information content (AvgIpc) is 2.83. The van der Waals surface area contributed by atoms with Crippen molar-refractivity contribution in [3.8, 4) is 0 Å². The number of aryl methyl sites for hydroxylation is 2. The lowest BCUT2D eigenvalue weighted by Crippen LogP contribution is -1.88. The average molecular weight is 411 g/mol. The van der Waals surface area contributed by atoms with Gasteiger partial charge in [-0.25, -0.2) is 0 Å². The minimum atomic E-state index is 1.21. The van der Waals surface area contributed by atoms with Gasteiger partial charge in [0.2, 0.25) is 0 Å². The summed E-state index contributed by atoms with van der Waals surface area (Å²) in [7, 11) is 0. The van der Waals surface area contributed by atoms with Crippen LogP contribution >= 0.6 is 0 Å². The van der Waals surface area contributed by atoms with Crippen molar-refractivity contribution in [2.75, 3.05) is 0 Å². The zero-order chi connectivity index (χ0) is 21.9. The summed E-state index contributed by atoms with van der Waals surface area (Å²) in [5, 5.41) is 5.10. The Balaban J connectivity index is 1.70. The Hall–Kier alpha value is -3.90. The van der Waals surface area contributed by atoms with Gasteiger partial charge >= 0.3 is 0 Å². The van der Waals surface area contributed by atoms with Gasteiger partial charge in [0.25, 0.3) is 0 Å². The van der Waals surface area contributed by atoms with E-state index in [0.717, 1.165) is 0 Å². The summed E-state index contributed by atoms with van der Waals surface area (Å²) in [6, 6.07) is 34.8. The van der Waals surface area contributed by atoms with E-state index in [2.05, 4.69) is 135 Å². The quantitative estimate of drug-likeness (QED) is 0.205. The fraction of sp³-hybridized carbons (Fsp3) is 0.0625. The molecule has 0 bridgehead atoms. The van der Waals surface area contributed by atoms with E-state index in [1.54, 1.807) is 0 Å². The van der Waals surface area contributed by atoms with Crippen molar-refractivity contribution in [1.82, 2.24) is 0 Å². The fourth-order valence-corrected chi connectivity index (χ4v) is 4.27. The van der Waals surface area contributed by atoms with Gasteiger partial charge < -0.3 is 0 Å². The van der Waals surface area contributed by atoms with Gasteiger partial charge in [-0.15, -0.1) is 0 Å². The molecule has 32 heavy (non-hydrogen) atoms. The van der Waals surface area contributed by atoms with Crippen LogP contribution < -0.4 is 0 Å². The smallest absolute Gasteiger partial charge is 0.00987 e. The molecule has 5 aromatic carbocycles. The van der Waals surface area contributed by atoms with Crippen molar-refractivity contribution in [2.24, 2.45) is 0 Å². The van der Waals surface area contributed by atoms with Crippen LogP contribution in [-0.4, -0.2) is 0 Å². The molecule has 0 N–H and O–H groups in total. The standard InChI is InChI=1S/C32H26/c1-23-11-15-25(16-12-23)19-21-31-27-7-3-5-9-29(27)32(30-10-6-4-8-28(30)31)22-20-26-17-13-24(2)14-18-26/h3-22H,1-2H3. The van der Waals surface area contributed by atoms with Crippen LogP contribution in [0.15, 0.2) is 97.1 Å². The Morgan fingerprint density at radius 3 is 1.00 bits per heavy atom. The summed E-state index contributed by atoms with van der Waals surface area (Å²) in [4.78, 5) is 0.